The Morgan fingerprint density at radius 1 is 1.47 bits per heavy atom. The Morgan fingerprint density at radius 2 is 2.13 bits per heavy atom. The molecular formula is C12H13FO2. The van der Waals surface area contributed by atoms with Gasteiger partial charge in [-0.15, -0.1) is 0 Å². The van der Waals surface area contributed by atoms with Crippen LogP contribution in [-0.2, 0) is 4.74 Å². The van der Waals surface area contributed by atoms with Gasteiger partial charge in [0.2, 0.25) is 0 Å². The highest BCUT2D eigenvalue weighted by Crippen LogP contribution is 2.14. The maximum atomic E-state index is 13.5. The molecule has 0 N–H and O–H groups in total. The van der Waals surface area contributed by atoms with Gasteiger partial charge < -0.3 is 4.74 Å². The van der Waals surface area contributed by atoms with Crippen molar-refractivity contribution in [3.63, 3.8) is 0 Å². The fourth-order valence-corrected chi connectivity index (χ4v) is 1.07. The van der Waals surface area contributed by atoms with Crippen LogP contribution in [0.3, 0.4) is 0 Å². The predicted octanol–water partition coefficient (Wildman–Crippen LogP) is 3.21. The van der Waals surface area contributed by atoms with Gasteiger partial charge in [-0.25, -0.2) is 9.18 Å². The van der Waals surface area contributed by atoms with E-state index in [0.717, 1.165) is 0 Å². The SMILES string of the molecule is C/C=C(/C)OC(=O)c1cccc(C)c1F. The minimum absolute atomic E-state index is 0.0313. The average Bonchev–Trinajstić information content (AvgIpc) is 2.21. The molecule has 0 radical (unpaired) electrons. The Morgan fingerprint density at radius 3 is 2.73 bits per heavy atom. The lowest BCUT2D eigenvalue weighted by atomic mass is 10.1. The number of hydrogen-bond donors (Lipinski definition) is 0. The highest BCUT2D eigenvalue weighted by molar-refractivity contribution is 5.90. The summed E-state index contributed by atoms with van der Waals surface area (Å²) in [4.78, 5) is 11.5. The Balaban J connectivity index is 2.97. The van der Waals surface area contributed by atoms with Crippen molar-refractivity contribution < 1.29 is 13.9 Å². The summed E-state index contributed by atoms with van der Waals surface area (Å²) >= 11 is 0. The number of rotatable bonds is 2. The number of carbonyl (C=O) groups is 1. The Hall–Kier alpha value is -1.64. The molecule has 80 valence electrons. The van der Waals surface area contributed by atoms with Gasteiger partial charge in [-0.1, -0.05) is 12.1 Å². The average molecular weight is 208 g/mol. The molecule has 0 amide bonds. The van der Waals surface area contributed by atoms with Crippen LogP contribution in [0.15, 0.2) is 30.0 Å². The van der Waals surface area contributed by atoms with E-state index >= 15 is 0 Å². The van der Waals surface area contributed by atoms with E-state index in [9.17, 15) is 9.18 Å². The van der Waals surface area contributed by atoms with E-state index in [1.807, 2.05) is 0 Å². The second-order valence-corrected chi connectivity index (χ2v) is 3.23. The quantitative estimate of drug-likeness (QED) is 0.551. The Kier molecular flexibility index (Phi) is 3.61. The molecule has 0 atom stereocenters. The molecule has 0 saturated carbocycles. The third-order valence-corrected chi connectivity index (χ3v) is 2.07. The predicted molar refractivity (Wildman–Crippen MR) is 56.0 cm³/mol. The van der Waals surface area contributed by atoms with Gasteiger partial charge in [0.05, 0.1) is 5.56 Å². The van der Waals surface area contributed by atoms with Gasteiger partial charge in [-0.3, -0.25) is 0 Å². The third-order valence-electron chi connectivity index (χ3n) is 2.07. The largest absolute Gasteiger partial charge is 0.428 e. The van der Waals surface area contributed by atoms with Crippen LogP contribution in [-0.4, -0.2) is 5.97 Å². The molecule has 3 heteroatoms. The van der Waals surface area contributed by atoms with Crippen molar-refractivity contribution >= 4 is 5.97 Å². The van der Waals surface area contributed by atoms with Gasteiger partial charge in [-0.05, 0) is 38.5 Å². The summed E-state index contributed by atoms with van der Waals surface area (Å²) in [5.74, 6) is -0.723. The maximum Gasteiger partial charge on any atom is 0.346 e. The fraction of sp³-hybridized carbons (Fsp3) is 0.250. The first-order valence-corrected chi connectivity index (χ1v) is 4.66. The number of halogens is 1. The van der Waals surface area contributed by atoms with E-state index in [-0.39, 0.29) is 5.56 Å². The maximum absolute atomic E-state index is 13.5. The lowest BCUT2D eigenvalue weighted by Gasteiger charge is -2.05. The van der Waals surface area contributed by atoms with E-state index in [1.165, 1.54) is 6.07 Å². The number of allylic oxidation sites excluding steroid dienone is 2. The lowest BCUT2D eigenvalue weighted by Crippen LogP contribution is -2.07. The zero-order valence-corrected chi connectivity index (χ0v) is 9.00. The topological polar surface area (TPSA) is 26.3 Å². The molecule has 0 heterocycles. The molecule has 0 unspecified atom stereocenters. The van der Waals surface area contributed by atoms with E-state index in [1.54, 1.807) is 39.0 Å². The summed E-state index contributed by atoms with van der Waals surface area (Å²) in [5.41, 5.74) is 0.402. The molecule has 0 fully saturated rings. The number of hydrogen-bond acceptors (Lipinski definition) is 2. The van der Waals surface area contributed by atoms with Crippen LogP contribution in [0.4, 0.5) is 4.39 Å². The summed E-state index contributed by atoms with van der Waals surface area (Å²) < 4.78 is 18.4. The van der Waals surface area contributed by atoms with Crippen LogP contribution in [0.2, 0.25) is 0 Å². The molecule has 1 aromatic carbocycles. The van der Waals surface area contributed by atoms with Crippen LogP contribution in [0, 0.1) is 12.7 Å². The van der Waals surface area contributed by atoms with E-state index in [4.69, 9.17) is 4.74 Å². The molecule has 0 bridgehead atoms. The summed E-state index contributed by atoms with van der Waals surface area (Å²) in [6.07, 6.45) is 1.64. The molecule has 1 rings (SSSR count). The van der Waals surface area contributed by atoms with Gasteiger partial charge in [0.1, 0.15) is 11.6 Å². The zero-order valence-electron chi connectivity index (χ0n) is 9.00. The first-order valence-electron chi connectivity index (χ1n) is 4.66. The summed E-state index contributed by atoms with van der Waals surface area (Å²) in [6.45, 7) is 5.00. The number of ether oxygens (including phenoxy) is 1. The summed E-state index contributed by atoms with van der Waals surface area (Å²) in [7, 11) is 0. The van der Waals surface area contributed by atoms with Crippen LogP contribution in [0.25, 0.3) is 0 Å². The first-order chi connectivity index (χ1) is 7.06. The van der Waals surface area contributed by atoms with Crippen LogP contribution in [0.5, 0.6) is 0 Å². The van der Waals surface area contributed by atoms with E-state index in [0.29, 0.717) is 11.3 Å². The highest BCUT2D eigenvalue weighted by atomic mass is 19.1. The molecule has 15 heavy (non-hydrogen) atoms. The standard InChI is InChI=1S/C12H13FO2/c1-4-9(3)15-12(14)10-7-5-6-8(2)11(10)13/h4-7H,1-3H3/b9-4-. The van der Waals surface area contributed by atoms with Crippen molar-refractivity contribution in [3.05, 3.63) is 47.0 Å². The van der Waals surface area contributed by atoms with Crippen molar-refractivity contribution in [2.24, 2.45) is 0 Å². The van der Waals surface area contributed by atoms with Crippen molar-refractivity contribution in [1.82, 2.24) is 0 Å². The fourth-order valence-electron chi connectivity index (χ4n) is 1.07. The minimum atomic E-state index is -0.660. The lowest BCUT2D eigenvalue weighted by molar-refractivity contribution is 0.0620. The summed E-state index contributed by atoms with van der Waals surface area (Å²) in [6, 6.07) is 4.64. The van der Waals surface area contributed by atoms with E-state index in [2.05, 4.69) is 0 Å². The van der Waals surface area contributed by atoms with Crippen molar-refractivity contribution in [1.29, 1.82) is 0 Å². The Labute approximate surface area is 88.4 Å². The first kappa shape index (κ1) is 11.4. The van der Waals surface area contributed by atoms with Gasteiger partial charge in [-0.2, -0.15) is 0 Å². The number of esters is 1. The monoisotopic (exact) mass is 208 g/mol. The third kappa shape index (κ3) is 2.65. The van der Waals surface area contributed by atoms with Crippen LogP contribution < -0.4 is 0 Å². The smallest absolute Gasteiger partial charge is 0.346 e. The molecule has 0 spiro atoms. The number of benzene rings is 1. The molecule has 0 aliphatic carbocycles. The van der Waals surface area contributed by atoms with Crippen LogP contribution in [0.1, 0.15) is 29.8 Å². The van der Waals surface area contributed by atoms with Gasteiger partial charge >= 0.3 is 5.97 Å². The van der Waals surface area contributed by atoms with Crippen LogP contribution >= 0.6 is 0 Å². The Bertz CT molecular complexity index is 408. The second-order valence-electron chi connectivity index (χ2n) is 3.23. The molecule has 0 aliphatic heterocycles. The highest BCUT2D eigenvalue weighted by Gasteiger charge is 2.14. The molecule has 0 saturated heterocycles. The zero-order chi connectivity index (χ0) is 11.4. The van der Waals surface area contributed by atoms with Gasteiger partial charge in [0.25, 0.3) is 0 Å². The molecular weight excluding hydrogens is 195 g/mol. The second kappa shape index (κ2) is 4.73. The normalized spacial score (nSPS) is 11.3. The molecule has 1 aromatic rings. The number of carbonyl (C=O) groups excluding carboxylic acids is 1. The molecule has 0 aliphatic rings. The minimum Gasteiger partial charge on any atom is -0.428 e. The van der Waals surface area contributed by atoms with Crippen molar-refractivity contribution in [2.75, 3.05) is 0 Å². The van der Waals surface area contributed by atoms with E-state index < -0.39 is 11.8 Å². The van der Waals surface area contributed by atoms with Crippen molar-refractivity contribution in [3.8, 4) is 0 Å². The summed E-state index contributed by atoms with van der Waals surface area (Å²) in [5, 5.41) is 0. The molecule has 0 aromatic heterocycles. The van der Waals surface area contributed by atoms with Gasteiger partial charge in [0, 0.05) is 0 Å². The van der Waals surface area contributed by atoms with Crippen molar-refractivity contribution in [2.45, 2.75) is 20.8 Å². The van der Waals surface area contributed by atoms with Gasteiger partial charge in [0.15, 0.2) is 0 Å². The number of aryl methyl sites for hydroxylation is 1. The molecule has 2 nitrogen and oxygen atoms in total.